The molecule has 0 bridgehead atoms. The Morgan fingerprint density at radius 1 is 1.42 bits per heavy atom. The van der Waals surface area contributed by atoms with Crippen molar-refractivity contribution < 1.29 is 9.59 Å². The summed E-state index contributed by atoms with van der Waals surface area (Å²) in [6, 6.07) is 0. The highest BCUT2D eigenvalue weighted by atomic mass is 16.2. The summed E-state index contributed by atoms with van der Waals surface area (Å²) >= 11 is 0. The second-order valence-electron chi connectivity index (χ2n) is 3.53. The lowest BCUT2D eigenvalue weighted by Crippen LogP contribution is -2.33. The van der Waals surface area contributed by atoms with Gasteiger partial charge in [-0.3, -0.25) is 14.5 Å². The quantitative estimate of drug-likeness (QED) is 0.582. The number of amides is 2. The van der Waals surface area contributed by atoms with Gasteiger partial charge in [-0.05, 0) is 13.3 Å². The largest absolute Gasteiger partial charge is 0.282 e. The first-order chi connectivity index (χ1) is 5.55. The van der Waals surface area contributed by atoms with Crippen LogP contribution in [0.3, 0.4) is 0 Å². The Hall–Kier alpha value is -0.860. The molecule has 0 aliphatic carbocycles. The third-order valence-corrected chi connectivity index (χ3v) is 2.70. The summed E-state index contributed by atoms with van der Waals surface area (Å²) in [5.74, 6) is -0.0237. The monoisotopic (exact) mass is 169 g/mol. The van der Waals surface area contributed by atoms with Gasteiger partial charge in [-0.1, -0.05) is 13.8 Å². The van der Waals surface area contributed by atoms with Crippen molar-refractivity contribution in [1.82, 2.24) is 4.90 Å². The lowest BCUT2D eigenvalue weighted by Gasteiger charge is -2.18. The maximum absolute atomic E-state index is 11.6. The molecule has 0 spiro atoms. The van der Waals surface area contributed by atoms with Gasteiger partial charge in [-0.25, -0.2) is 0 Å². The molecule has 1 unspecified atom stereocenters. The van der Waals surface area contributed by atoms with E-state index in [4.69, 9.17) is 0 Å². The maximum atomic E-state index is 11.6. The summed E-state index contributed by atoms with van der Waals surface area (Å²) < 4.78 is 0. The number of rotatable bonds is 2. The number of hydrogen-bond donors (Lipinski definition) is 0. The molecule has 0 saturated carbocycles. The number of likely N-dealkylation sites (tertiary alicyclic amines) is 1. The van der Waals surface area contributed by atoms with E-state index in [9.17, 15) is 9.59 Å². The van der Waals surface area contributed by atoms with Crippen LogP contribution in [0.1, 0.15) is 33.6 Å². The topological polar surface area (TPSA) is 37.4 Å². The first-order valence-corrected chi connectivity index (χ1v) is 4.40. The fraction of sp³-hybridized carbons (Fsp3) is 0.778. The zero-order valence-electron chi connectivity index (χ0n) is 7.89. The van der Waals surface area contributed by atoms with Gasteiger partial charge in [0.1, 0.15) is 0 Å². The number of carbonyl (C=O) groups excluding carboxylic acids is 2. The molecule has 0 N–H and O–H groups in total. The van der Waals surface area contributed by atoms with Crippen molar-refractivity contribution in [3.63, 3.8) is 0 Å². The van der Waals surface area contributed by atoms with Crippen LogP contribution in [-0.4, -0.2) is 23.3 Å². The van der Waals surface area contributed by atoms with Gasteiger partial charge < -0.3 is 0 Å². The minimum absolute atomic E-state index is 0.00231. The molecule has 0 radical (unpaired) electrons. The Bertz CT molecular complexity index is 225. The average molecular weight is 169 g/mol. The van der Waals surface area contributed by atoms with Crippen LogP contribution in [0.4, 0.5) is 0 Å². The van der Waals surface area contributed by atoms with Crippen molar-refractivity contribution in [3.05, 3.63) is 0 Å². The predicted octanol–water partition coefficient (Wildman–Crippen LogP) is 1.18. The number of nitrogens with zero attached hydrogens (tertiary/aromatic N) is 1. The minimum Gasteiger partial charge on any atom is -0.282 e. The normalized spacial score (nSPS) is 30.1. The number of imide groups is 1. The van der Waals surface area contributed by atoms with E-state index in [2.05, 4.69) is 0 Å². The van der Waals surface area contributed by atoms with E-state index in [1.807, 2.05) is 20.8 Å². The van der Waals surface area contributed by atoms with Gasteiger partial charge in [0.05, 0.1) is 5.41 Å². The first kappa shape index (κ1) is 9.23. The predicted molar refractivity (Wildman–Crippen MR) is 45.4 cm³/mol. The lowest BCUT2D eigenvalue weighted by molar-refractivity contribution is -0.140. The molecule has 1 fully saturated rings. The van der Waals surface area contributed by atoms with E-state index in [1.165, 1.54) is 4.90 Å². The van der Waals surface area contributed by atoms with Crippen molar-refractivity contribution in [2.45, 2.75) is 33.6 Å². The molecule has 1 aliphatic heterocycles. The van der Waals surface area contributed by atoms with Gasteiger partial charge >= 0.3 is 0 Å². The van der Waals surface area contributed by atoms with E-state index >= 15 is 0 Å². The molecule has 1 heterocycles. The summed E-state index contributed by atoms with van der Waals surface area (Å²) in [6.45, 7) is 6.15. The molecule has 1 aliphatic rings. The molecule has 0 aromatic rings. The Morgan fingerprint density at radius 2 is 2.00 bits per heavy atom. The Morgan fingerprint density at radius 3 is 2.25 bits per heavy atom. The van der Waals surface area contributed by atoms with Crippen LogP contribution in [0.15, 0.2) is 0 Å². The van der Waals surface area contributed by atoms with Crippen LogP contribution in [0.5, 0.6) is 0 Å². The van der Waals surface area contributed by atoms with E-state index in [0.29, 0.717) is 13.0 Å². The molecule has 2 amide bonds. The molecule has 1 saturated heterocycles. The molecule has 12 heavy (non-hydrogen) atoms. The van der Waals surface area contributed by atoms with Crippen LogP contribution in [0.2, 0.25) is 0 Å². The summed E-state index contributed by atoms with van der Waals surface area (Å²) in [5, 5.41) is 0. The van der Waals surface area contributed by atoms with Crippen molar-refractivity contribution in [2.75, 3.05) is 6.54 Å². The summed E-state index contributed by atoms with van der Waals surface area (Å²) in [5.41, 5.74) is -0.424. The number of hydrogen-bond acceptors (Lipinski definition) is 2. The molecule has 1 atom stereocenters. The highest BCUT2D eigenvalue weighted by Gasteiger charge is 2.45. The minimum atomic E-state index is -0.424. The van der Waals surface area contributed by atoms with Gasteiger partial charge in [0.15, 0.2) is 0 Å². The fourth-order valence-corrected chi connectivity index (χ4v) is 1.54. The van der Waals surface area contributed by atoms with Crippen LogP contribution in [0.25, 0.3) is 0 Å². The maximum Gasteiger partial charge on any atom is 0.235 e. The number of carbonyl (C=O) groups is 2. The second kappa shape index (κ2) is 2.88. The molecular formula is C9H15NO2. The molecule has 0 aromatic heterocycles. The smallest absolute Gasteiger partial charge is 0.235 e. The van der Waals surface area contributed by atoms with E-state index in [-0.39, 0.29) is 11.8 Å². The van der Waals surface area contributed by atoms with Crippen molar-refractivity contribution >= 4 is 11.8 Å². The fourth-order valence-electron chi connectivity index (χ4n) is 1.54. The summed E-state index contributed by atoms with van der Waals surface area (Å²) in [7, 11) is 0. The first-order valence-electron chi connectivity index (χ1n) is 4.40. The van der Waals surface area contributed by atoms with Crippen LogP contribution >= 0.6 is 0 Å². The van der Waals surface area contributed by atoms with Crippen LogP contribution in [-0.2, 0) is 9.59 Å². The summed E-state index contributed by atoms with van der Waals surface area (Å²) in [4.78, 5) is 24.3. The SMILES string of the molecule is CCN1C(=O)CC(C)(CC)C1=O. The molecule has 68 valence electrons. The third-order valence-electron chi connectivity index (χ3n) is 2.70. The average Bonchev–Trinajstić information content (AvgIpc) is 2.25. The molecule has 3 heteroatoms. The second-order valence-corrected chi connectivity index (χ2v) is 3.53. The van der Waals surface area contributed by atoms with E-state index in [0.717, 1.165) is 6.42 Å². The van der Waals surface area contributed by atoms with E-state index < -0.39 is 5.41 Å². The summed E-state index contributed by atoms with van der Waals surface area (Å²) in [6.07, 6.45) is 1.13. The third kappa shape index (κ3) is 1.13. The highest BCUT2D eigenvalue weighted by Crippen LogP contribution is 2.34. The lowest BCUT2D eigenvalue weighted by atomic mass is 9.86. The zero-order chi connectivity index (χ0) is 9.35. The van der Waals surface area contributed by atoms with Gasteiger partial charge in [-0.2, -0.15) is 0 Å². The highest BCUT2D eigenvalue weighted by molar-refractivity contribution is 6.05. The molecule has 1 rings (SSSR count). The standard InChI is InChI=1S/C9H15NO2/c1-4-9(3)6-7(11)10(5-2)8(9)12/h4-6H2,1-3H3. The molecule has 0 aromatic carbocycles. The van der Waals surface area contributed by atoms with Gasteiger partial charge in [0.25, 0.3) is 0 Å². The van der Waals surface area contributed by atoms with Gasteiger partial charge in [0.2, 0.25) is 11.8 Å². The van der Waals surface area contributed by atoms with Gasteiger partial charge in [0, 0.05) is 13.0 Å². The van der Waals surface area contributed by atoms with Crippen molar-refractivity contribution in [3.8, 4) is 0 Å². The Kier molecular flexibility index (Phi) is 2.22. The molecule has 3 nitrogen and oxygen atoms in total. The van der Waals surface area contributed by atoms with Crippen LogP contribution < -0.4 is 0 Å². The van der Waals surface area contributed by atoms with Crippen molar-refractivity contribution in [2.24, 2.45) is 5.41 Å². The van der Waals surface area contributed by atoms with Crippen LogP contribution in [0, 0.1) is 5.41 Å². The molecular weight excluding hydrogens is 154 g/mol. The van der Waals surface area contributed by atoms with Crippen molar-refractivity contribution in [1.29, 1.82) is 0 Å². The zero-order valence-corrected chi connectivity index (χ0v) is 7.89. The van der Waals surface area contributed by atoms with E-state index in [1.54, 1.807) is 0 Å². The Balaban J connectivity index is 2.89. The van der Waals surface area contributed by atoms with Gasteiger partial charge in [-0.15, -0.1) is 0 Å². The Labute approximate surface area is 72.7 Å².